The molecule has 38 heavy (non-hydrogen) atoms. The van der Waals surface area contributed by atoms with Crippen LogP contribution in [0.4, 0.5) is 0 Å². The van der Waals surface area contributed by atoms with E-state index in [1.165, 1.54) is 25.7 Å². The Labute approximate surface area is 226 Å². The third kappa shape index (κ3) is 6.29. The number of unbranched alkanes of at least 4 members (excludes halogenated alkanes) is 4. The van der Waals surface area contributed by atoms with Crippen molar-refractivity contribution in [3.05, 3.63) is 60.2 Å². The Morgan fingerprint density at radius 1 is 0.921 bits per heavy atom. The van der Waals surface area contributed by atoms with Crippen molar-refractivity contribution in [1.29, 1.82) is 0 Å². The number of hydrogen-bond acceptors (Lipinski definition) is 6. The summed E-state index contributed by atoms with van der Waals surface area (Å²) in [4.78, 5) is 25.2. The smallest absolute Gasteiger partial charge is 0.338 e. The maximum absolute atomic E-state index is 13.1. The first-order valence-electron chi connectivity index (χ1n) is 14.4. The van der Waals surface area contributed by atoms with E-state index in [0.717, 1.165) is 36.8 Å². The fourth-order valence-electron chi connectivity index (χ4n) is 6.42. The molecule has 0 aromatic heterocycles. The van der Waals surface area contributed by atoms with Gasteiger partial charge in [-0.2, -0.15) is 0 Å². The van der Waals surface area contributed by atoms with Gasteiger partial charge in [0, 0.05) is 31.1 Å². The molecule has 5 rings (SSSR count). The van der Waals surface area contributed by atoms with Crippen molar-refractivity contribution in [3.8, 4) is 11.1 Å². The van der Waals surface area contributed by atoms with E-state index >= 15 is 0 Å². The van der Waals surface area contributed by atoms with Gasteiger partial charge in [-0.3, -0.25) is 4.79 Å². The fourth-order valence-corrected chi connectivity index (χ4v) is 6.42. The van der Waals surface area contributed by atoms with E-state index < -0.39 is 5.79 Å². The predicted molar refractivity (Wildman–Crippen MR) is 144 cm³/mol. The average Bonchev–Trinajstić information content (AvgIpc) is 3.63. The van der Waals surface area contributed by atoms with Gasteiger partial charge in [-0.05, 0) is 36.1 Å². The number of rotatable bonds is 12. The Morgan fingerprint density at radius 2 is 1.63 bits per heavy atom. The molecule has 6 heteroatoms. The summed E-state index contributed by atoms with van der Waals surface area (Å²) >= 11 is 0. The van der Waals surface area contributed by atoms with Crippen LogP contribution in [0.3, 0.4) is 0 Å². The Morgan fingerprint density at radius 3 is 2.37 bits per heavy atom. The first kappa shape index (κ1) is 26.9. The number of esters is 2. The monoisotopic (exact) mass is 520 g/mol. The molecule has 3 fully saturated rings. The van der Waals surface area contributed by atoms with Crippen LogP contribution in [0.25, 0.3) is 11.1 Å². The molecule has 2 saturated heterocycles. The van der Waals surface area contributed by atoms with Gasteiger partial charge in [-0.1, -0.05) is 75.1 Å². The standard InChI is InChI=1S/C32H40O6/c1-2-3-4-5-9-17-32(35-19-20-36-32)18-16-26-27-21-30(33)37-29(27)22-28(26)38-31(34)25-14-12-24(13-15-25)23-10-7-6-8-11-23/h6-8,10-15,26-29H,2-5,9,16-22H2,1H3/t26-,27-,28-,29+/m0/s1. The minimum atomic E-state index is -0.560. The molecule has 0 N–H and O–H groups in total. The molecular weight excluding hydrogens is 480 g/mol. The summed E-state index contributed by atoms with van der Waals surface area (Å²) < 4.78 is 24.0. The summed E-state index contributed by atoms with van der Waals surface area (Å²) in [6.07, 6.45) is 8.85. The van der Waals surface area contributed by atoms with Crippen LogP contribution < -0.4 is 0 Å². The second-order valence-corrected chi connectivity index (χ2v) is 11.0. The van der Waals surface area contributed by atoms with Crippen molar-refractivity contribution in [3.63, 3.8) is 0 Å². The molecule has 204 valence electrons. The molecule has 2 aliphatic heterocycles. The normalized spacial score (nSPS) is 25.8. The second-order valence-electron chi connectivity index (χ2n) is 11.0. The van der Waals surface area contributed by atoms with Gasteiger partial charge in [-0.15, -0.1) is 0 Å². The van der Waals surface area contributed by atoms with Crippen LogP contribution in [0.15, 0.2) is 54.6 Å². The van der Waals surface area contributed by atoms with Crippen LogP contribution >= 0.6 is 0 Å². The zero-order valence-electron chi connectivity index (χ0n) is 22.4. The third-order valence-corrected chi connectivity index (χ3v) is 8.47. The highest BCUT2D eigenvalue weighted by Gasteiger charge is 2.52. The zero-order chi connectivity index (χ0) is 26.4. The Kier molecular flexibility index (Phi) is 8.80. The summed E-state index contributed by atoms with van der Waals surface area (Å²) in [5.41, 5.74) is 2.69. The Hall–Kier alpha value is -2.70. The number of ether oxygens (including phenoxy) is 4. The van der Waals surface area contributed by atoms with Crippen LogP contribution in [0.2, 0.25) is 0 Å². The van der Waals surface area contributed by atoms with Crippen molar-refractivity contribution >= 4 is 11.9 Å². The van der Waals surface area contributed by atoms with Gasteiger partial charge in [0.15, 0.2) is 5.79 Å². The fraction of sp³-hybridized carbons (Fsp3) is 0.562. The van der Waals surface area contributed by atoms with Crippen molar-refractivity contribution in [1.82, 2.24) is 0 Å². The molecule has 2 aromatic carbocycles. The van der Waals surface area contributed by atoms with Crippen LogP contribution in [-0.2, 0) is 23.7 Å². The van der Waals surface area contributed by atoms with Gasteiger partial charge in [0.25, 0.3) is 0 Å². The number of carbonyl (C=O) groups is 2. The van der Waals surface area contributed by atoms with Crippen LogP contribution in [0.1, 0.15) is 81.5 Å². The van der Waals surface area contributed by atoms with E-state index in [2.05, 4.69) is 6.92 Å². The largest absolute Gasteiger partial charge is 0.462 e. The molecule has 0 spiro atoms. The topological polar surface area (TPSA) is 71.1 Å². The van der Waals surface area contributed by atoms with Crippen LogP contribution in [-0.4, -0.2) is 43.1 Å². The molecule has 2 aromatic rings. The zero-order valence-corrected chi connectivity index (χ0v) is 22.4. The van der Waals surface area contributed by atoms with Gasteiger partial charge in [0.05, 0.1) is 25.2 Å². The lowest BCUT2D eigenvalue weighted by atomic mass is 9.86. The molecule has 4 atom stereocenters. The lowest BCUT2D eigenvalue weighted by Crippen LogP contribution is -2.33. The first-order chi connectivity index (χ1) is 18.6. The lowest BCUT2D eigenvalue weighted by Gasteiger charge is -2.31. The van der Waals surface area contributed by atoms with Crippen molar-refractivity contribution in [2.75, 3.05) is 13.2 Å². The molecule has 0 radical (unpaired) electrons. The highest BCUT2D eigenvalue weighted by molar-refractivity contribution is 5.90. The molecule has 0 unspecified atom stereocenters. The molecular formula is C32H40O6. The highest BCUT2D eigenvalue weighted by atomic mass is 16.7. The van der Waals surface area contributed by atoms with Gasteiger partial charge in [0.1, 0.15) is 12.2 Å². The van der Waals surface area contributed by atoms with Gasteiger partial charge in [-0.25, -0.2) is 4.79 Å². The summed E-state index contributed by atoms with van der Waals surface area (Å²) in [5, 5.41) is 0. The van der Waals surface area contributed by atoms with Gasteiger partial charge < -0.3 is 18.9 Å². The van der Waals surface area contributed by atoms with Crippen molar-refractivity contribution < 1.29 is 28.5 Å². The molecule has 1 aliphatic carbocycles. The molecule has 2 heterocycles. The van der Waals surface area contributed by atoms with Crippen molar-refractivity contribution in [2.45, 2.75) is 89.1 Å². The predicted octanol–water partition coefficient (Wildman–Crippen LogP) is 6.71. The maximum Gasteiger partial charge on any atom is 0.338 e. The quantitative estimate of drug-likeness (QED) is 0.229. The number of hydrogen-bond donors (Lipinski definition) is 0. The highest BCUT2D eigenvalue weighted by Crippen LogP contribution is 2.46. The number of fused-ring (bicyclic) bond motifs is 1. The Balaban J connectivity index is 1.22. The van der Waals surface area contributed by atoms with E-state index in [1.807, 2.05) is 54.6 Å². The summed E-state index contributed by atoms with van der Waals surface area (Å²) in [6.45, 7) is 3.45. The van der Waals surface area contributed by atoms with Gasteiger partial charge >= 0.3 is 11.9 Å². The van der Waals surface area contributed by atoms with E-state index in [-0.39, 0.29) is 36.0 Å². The third-order valence-electron chi connectivity index (χ3n) is 8.47. The molecule has 1 saturated carbocycles. The number of benzene rings is 2. The van der Waals surface area contributed by atoms with E-state index in [0.29, 0.717) is 31.6 Å². The number of carbonyl (C=O) groups excluding carboxylic acids is 2. The summed E-state index contributed by atoms with van der Waals surface area (Å²) in [7, 11) is 0. The second kappa shape index (κ2) is 12.4. The molecule has 6 nitrogen and oxygen atoms in total. The Bertz CT molecular complexity index is 1060. The summed E-state index contributed by atoms with van der Waals surface area (Å²) in [5.74, 6) is -0.919. The maximum atomic E-state index is 13.1. The first-order valence-corrected chi connectivity index (χ1v) is 14.4. The average molecular weight is 521 g/mol. The van der Waals surface area contributed by atoms with E-state index in [1.54, 1.807) is 0 Å². The van der Waals surface area contributed by atoms with E-state index in [9.17, 15) is 9.59 Å². The van der Waals surface area contributed by atoms with Gasteiger partial charge in [0.2, 0.25) is 0 Å². The van der Waals surface area contributed by atoms with Crippen molar-refractivity contribution in [2.24, 2.45) is 11.8 Å². The van der Waals surface area contributed by atoms with Crippen LogP contribution in [0.5, 0.6) is 0 Å². The van der Waals surface area contributed by atoms with Crippen LogP contribution in [0, 0.1) is 11.8 Å². The lowest BCUT2D eigenvalue weighted by molar-refractivity contribution is -0.171. The summed E-state index contributed by atoms with van der Waals surface area (Å²) in [6, 6.07) is 17.6. The molecule has 0 bridgehead atoms. The molecule has 3 aliphatic rings. The molecule has 0 amide bonds. The minimum Gasteiger partial charge on any atom is -0.462 e. The van der Waals surface area contributed by atoms with E-state index in [4.69, 9.17) is 18.9 Å². The SMILES string of the molecule is CCCCCCCC1(CC[C@H]2[C@@H]3CC(=O)O[C@@H]3C[C@@H]2OC(=O)c2ccc(-c3ccccc3)cc2)OCCO1. The minimum absolute atomic E-state index is 0.0451.